The van der Waals surface area contributed by atoms with Crippen molar-refractivity contribution in [3.8, 4) is 0 Å². The van der Waals surface area contributed by atoms with Gasteiger partial charge in [0.25, 0.3) is 6.43 Å². The van der Waals surface area contributed by atoms with Gasteiger partial charge in [-0.15, -0.1) is 0 Å². The Morgan fingerprint density at radius 1 is 1.62 bits per heavy atom. The molecule has 0 aromatic carbocycles. The van der Waals surface area contributed by atoms with Gasteiger partial charge in [-0.25, -0.2) is 8.78 Å². The maximum Gasteiger partial charge on any atom is 0.261 e. The van der Waals surface area contributed by atoms with Gasteiger partial charge in [-0.2, -0.15) is 0 Å². The second-order valence-electron chi connectivity index (χ2n) is 3.61. The highest BCUT2D eigenvalue weighted by molar-refractivity contribution is 5.82. The van der Waals surface area contributed by atoms with Gasteiger partial charge in [0.05, 0.1) is 18.8 Å². The summed E-state index contributed by atoms with van der Waals surface area (Å²) >= 11 is 0. The molecule has 2 atom stereocenters. The van der Waals surface area contributed by atoms with E-state index in [4.69, 9.17) is 5.11 Å². The predicted molar refractivity (Wildman–Crippen MR) is 52.2 cm³/mol. The maximum atomic E-state index is 11.7. The minimum Gasteiger partial charge on any atom is -0.392 e. The highest BCUT2D eigenvalue weighted by Crippen LogP contribution is 2.05. The summed E-state index contributed by atoms with van der Waals surface area (Å²) in [7, 11) is 0. The van der Waals surface area contributed by atoms with Crippen molar-refractivity contribution in [1.29, 1.82) is 0 Å². The molecule has 0 aromatic rings. The van der Waals surface area contributed by atoms with Gasteiger partial charge < -0.3 is 20.5 Å². The van der Waals surface area contributed by atoms with Gasteiger partial charge in [0.2, 0.25) is 5.91 Å². The van der Waals surface area contributed by atoms with Gasteiger partial charge >= 0.3 is 0 Å². The van der Waals surface area contributed by atoms with Gasteiger partial charge in [0, 0.05) is 13.1 Å². The molecule has 1 saturated heterocycles. The van der Waals surface area contributed by atoms with Crippen molar-refractivity contribution in [2.24, 2.45) is 0 Å². The first-order chi connectivity index (χ1) is 7.59. The molecule has 1 aliphatic rings. The molecular formula is C9H16F2N2O3. The number of aliphatic hydroxyl groups excluding tert-OH is 1. The number of carbonyl (C=O) groups excluding carboxylic acids is 1. The summed E-state index contributed by atoms with van der Waals surface area (Å²) in [6.45, 7) is 0.0431. The van der Waals surface area contributed by atoms with Gasteiger partial charge in [-0.1, -0.05) is 0 Å². The Morgan fingerprint density at radius 2 is 2.38 bits per heavy atom. The molecule has 5 nitrogen and oxygen atoms in total. The zero-order valence-corrected chi connectivity index (χ0v) is 8.79. The molecule has 0 bridgehead atoms. The fourth-order valence-electron chi connectivity index (χ4n) is 1.46. The summed E-state index contributed by atoms with van der Waals surface area (Å²) in [5.74, 6) is -0.239. The molecule has 0 spiro atoms. The second kappa shape index (κ2) is 6.72. The summed E-state index contributed by atoms with van der Waals surface area (Å²) in [4.78, 5) is 11.4. The summed E-state index contributed by atoms with van der Waals surface area (Å²) in [5, 5.41) is 14.5. The van der Waals surface area contributed by atoms with Gasteiger partial charge in [0.15, 0.2) is 0 Å². The Morgan fingerprint density at radius 3 is 2.94 bits per heavy atom. The monoisotopic (exact) mass is 238 g/mol. The minimum atomic E-state index is -2.48. The Bertz CT molecular complexity index is 229. The van der Waals surface area contributed by atoms with E-state index < -0.39 is 25.2 Å². The lowest BCUT2D eigenvalue weighted by atomic mass is 10.2. The number of ether oxygens (including phenoxy) is 1. The Labute approximate surface area is 92.2 Å². The molecule has 1 aliphatic heterocycles. The first-order valence-electron chi connectivity index (χ1n) is 5.14. The topological polar surface area (TPSA) is 70.6 Å². The van der Waals surface area contributed by atoms with Crippen molar-refractivity contribution in [3.05, 3.63) is 0 Å². The number of rotatable bonds is 6. The molecule has 1 heterocycles. The van der Waals surface area contributed by atoms with Crippen LogP contribution in [0.5, 0.6) is 0 Å². The van der Waals surface area contributed by atoms with E-state index in [1.807, 2.05) is 0 Å². The molecule has 7 heteroatoms. The van der Waals surface area contributed by atoms with E-state index in [9.17, 15) is 13.6 Å². The first-order valence-corrected chi connectivity index (χ1v) is 5.14. The number of amides is 1. The lowest BCUT2D eigenvalue weighted by molar-refractivity contribution is -0.123. The third kappa shape index (κ3) is 4.82. The number of hydrogen-bond acceptors (Lipinski definition) is 4. The molecule has 94 valence electrons. The van der Waals surface area contributed by atoms with Crippen LogP contribution in [0.1, 0.15) is 6.42 Å². The first kappa shape index (κ1) is 13.3. The number of aliphatic hydroxyl groups is 1. The predicted octanol–water partition coefficient (Wildman–Crippen LogP) is -0.893. The fraction of sp³-hybridized carbons (Fsp3) is 0.889. The number of β-amino-alcohol motifs (C(OH)–C–C–N with tert-alkyl or cyclic N) is 1. The van der Waals surface area contributed by atoms with Crippen LogP contribution in [0.4, 0.5) is 8.78 Å². The summed E-state index contributed by atoms with van der Waals surface area (Å²) in [5.41, 5.74) is 0. The number of nitrogens with one attached hydrogen (secondary N) is 2. The van der Waals surface area contributed by atoms with E-state index in [2.05, 4.69) is 15.4 Å². The standard InChI is InChI=1S/C9H16F2N2O3/c10-8(11)5-16-2-1-12-9(15)7-3-6(14)4-13-7/h6-8,13-14H,1-5H2,(H,12,15). The molecule has 3 N–H and O–H groups in total. The average molecular weight is 238 g/mol. The number of alkyl halides is 2. The van der Waals surface area contributed by atoms with E-state index in [0.29, 0.717) is 13.0 Å². The molecule has 1 rings (SSSR count). The van der Waals surface area contributed by atoms with Crippen LogP contribution in [-0.4, -0.2) is 55.9 Å². The number of carbonyl (C=O) groups is 1. The fourth-order valence-corrected chi connectivity index (χ4v) is 1.46. The third-order valence-electron chi connectivity index (χ3n) is 2.21. The lowest BCUT2D eigenvalue weighted by Gasteiger charge is -2.10. The number of hydrogen-bond donors (Lipinski definition) is 3. The quantitative estimate of drug-likeness (QED) is 0.525. The van der Waals surface area contributed by atoms with E-state index in [1.165, 1.54) is 0 Å². The SMILES string of the molecule is O=C(NCCOCC(F)F)C1CC(O)CN1. The van der Waals surface area contributed by atoms with Crippen LogP contribution in [0.2, 0.25) is 0 Å². The van der Waals surface area contributed by atoms with E-state index in [-0.39, 0.29) is 19.1 Å². The van der Waals surface area contributed by atoms with Crippen LogP contribution >= 0.6 is 0 Å². The molecule has 16 heavy (non-hydrogen) atoms. The van der Waals surface area contributed by atoms with Crippen LogP contribution in [0.3, 0.4) is 0 Å². The van der Waals surface area contributed by atoms with Crippen LogP contribution in [0.25, 0.3) is 0 Å². The van der Waals surface area contributed by atoms with Crippen LogP contribution in [0.15, 0.2) is 0 Å². The normalized spacial score (nSPS) is 25.0. The van der Waals surface area contributed by atoms with Crippen molar-refractivity contribution < 1.29 is 23.4 Å². The van der Waals surface area contributed by atoms with Crippen LogP contribution in [-0.2, 0) is 9.53 Å². The molecule has 2 unspecified atom stereocenters. The van der Waals surface area contributed by atoms with Crippen molar-refractivity contribution in [3.63, 3.8) is 0 Å². The van der Waals surface area contributed by atoms with Crippen molar-refractivity contribution >= 4 is 5.91 Å². The molecule has 1 fully saturated rings. The molecule has 0 aliphatic carbocycles. The average Bonchev–Trinajstić information content (AvgIpc) is 2.63. The van der Waals surface area contributed by atoms with Crippen LogP contribution < -0.4 is 10.6 Å². The van der Waals surface area contributed by atoms with Crippen LogP contribution in [0, 0.1) is 0 Å². The highest BCUT2D eigenvalue weighted by atomic mass is 19.3. The summed E-state index contributed by atoms with van der Waals surface area (Å²) in [6, 6.07) is -0.398. The highest BCUT2D eigenvalue weighted by Gasteiger charge is 2.27. The van der Waals surface area contributed by atoms with E-state index in [0.717, 1.165) is 0 Å². The molecule has 0 radical (unpaired) electrons. The van der Waals surface area contributed by atoms with Crippen molar-refractivity contribution in [1.82, 2.24) is 10.6 Å². The largest absolute Gasteiger partial charge is 0.392 e. The Balaban J connectivity index is 2.02. The van der Waals surface area contributed by atoms with E-state index in [1.54, 1.807) is 0 Å². The van der Waals surface area contributed by atoms with E-state index >= 15 is 0 Å². The molecular weight excluding hydrogens is 222 g/mol. The second-order valence-corrected chi connectivity index (χ2v) is 3.61. The zero-order chi connectivity index (χ0) is 12.0. The zero-order valence-electron chi connectivity index (χ0n) is 8.79. The summed E-state index contributed by atoms with van der Waals surface area (Å²) < 4.78 is 27.9. The molecule has 0 saturated carbocycles. The summed E-state index contributed by atoms with van der Waals surface area (Å²) in [6.07, 6.45) is -2.60. The number of halogens is 2. The van der Waals surface area contributed by atoms with Gasteiger partial charge in [-0.05, 0) is 6.42 Å². The maximum absolute atomic E-state index is 11.7. The molecule has 1 amide bonds. The Hall–Kier alpha value is -0.790. The van der Waals surface area contributed by atoms with Gasteiger partial charge in [-0.3, -0.25) is 4.79 Å². The Kier molecular flexibility index (Phi) is 5.58. The smallest absolute Gasteiger partial charge is 0.261 e. The minimum absolute atomic E-state index is 0.0609. The molecule has 0 aromatic heterocycles. The lowest BCUT2D eigenvalue weighted by Crippen LogP contribution is -2.41. The van der Waals surface area contributed by atoms with Gasteiger partial charge in [0.1, 0.15) is 6.61 Å². The van der Waals surface area contributed by atoms with Crippen molar-refractivity contribution in [2.45, 2.75) is 25.0 Å². The van der Waals surface area contributed by atoms with Crippen molar-refractivity contribution in [2.75, 3.05) is 26.3 Å². The third-order valence-corrected chi connectivity index (χ3v) is 2.21.